The Morgan fingerprint density at radius 1 is 0.892 bits per heavy atom. The number of nitrogens with two attached hydrogens (primary N) is 4. The lowest BCUT2D eigenvalue weighted by Gasteiger charge is -2.11. The molecule has 8 N–H and O–H groups in total. The van der Waals surface area contributed by atoms with Gasteiger partial charge in [0, 0.05) is 44.4 Å². The molecule has 0 bridgehead atoms. The summed E-state index contributed by atoms with van der Waals surface area (Å²) in [6.07, 6.45) is 4.52. The standard InChI is InChI=1S/C24H29BN8O4/c1-36-7-4-8-37-18-12-14(22(27)35)11-17-20(18)33(24(29)31-17)6-3-2-5-32-19-15(25)9-13(21(26)34)10-16(19)30-23(32)28/h2-3,9-12H,4-8,25H2,1H3,(H2,26,34)(H2,27,35)(H2,28,30)(H2,29,31)/b3-2+. The van der Waals surface area contributed by atoms with Crippen molar-refractivity contribution in [3.8, 4) is 5.75 Å². The fourth-order valence-corrected chi connectivity index (χ4v) is 4.25. The Kier molecular flexibility index (Phi) is 7.34. The van der Waals surface area contributed by atoms with Crippen LogP contribution in [0.5, 0.6) is 5.75 Å². The van der Waals surface area contributed by atoms with Crippen molar-refractivity contribution < 1.29 is 19.1 Å². The number of carbonyl (C=O) groups is 2. The lowest BCUT2D eigenvalue weighted by atomic mass is 9.92. The van der Waals surface area contributed by atoms with Crippen molar-refractivity contribution in [2.45, 2.75) is 19.5 Å². The van der Waals surface area contributed by atoms with Crippen LogP contribution in [0.2, 0.25) is 0 Å². The highest BCUT2D eigenvalue weighted by atomic mass is 16.5. The Hall–Kier alpha value is -4.52. The van der Waals surface area contributed by atoms with Gasteiger partial charge in [-0.1, -0.05) is 23.7 Å². The van der Waals surface area contributed by atoms with Gasteiger partial charge >= 0.3 is 0 Å². The van der Waals surface area contributed by atoms with Crippen molar-refractivity contribution in [3.05, 3.63) is 47.5 Å². The molecule has 12 nitrogen and oxygen atoms in total. The van der Waals surface area contributed by atoms with Gasteiger partial charge in [-0.05, 0) is 18.2 Å². The zero-order chi connectivity index (χ0) is 26.7. The Balaban J connectivity index is 1.61. The van der Waals surface area contributed by atoms with Crippen LogP contribution in [0.3, 0.4) is 0 Å². The van der Waals surface area contributed by atoms with Gasteiger partial charge < -0.3 is 41.5 Å². The van der Waals surface area contributed by atoms with Crippen LogP contribution in [-0.2, 0) is 17.8 Å². The summed E-state index contributed by atoms with van der Waals surface area (Å²) in [4.78, 5) is 32.2. The molecule has 0 aliphatic carbocycles. The molecule has 0 radical (unpaired) electrons. The maximum atomic E-state index is 11.8. The second kappa shape index (κ2) is 10.6. The number of amides is 2. The van der Waals surface area contributed by atoms with Gasteiger partial charge in [0.1, 0.15) is 19.1 Å². The van der Waals surface area contributed by atoms with E-state index in [1.807, 2.05) is 24.6 Å². The number of hydrogen-bond donors (Lipinski definition) is 4. The smallest absolute Gasteiger partial charge is 0.248 e. The predicted octanol–water partition coefficient (Wildman–Crippen LogP) is -0.322. The van der Waals surface area contributed by atoms with E-state index < -0.39 is 11.8 Å². The fraction of sp³-hybridized carbons (Fsp3) is 0.250. The molecule has 0 saturated heterocycles. The Morgan fingerprint density at radius 2 is 1.43 bits per heavy atom. The number of imidazole rings is 2. The number of allylic oxidation sites excluding steroid dienone is 2. The minimum atomic E-state index is -0.583. The third-order valence-electron chi connectivity index (χ3n) is 5.96. The summed E-state index contributed by atoms with van der Waals surface area (Å²) in [5.41, 5.74) is 27.4. The SMILES string of the molecule is Bc1cc(C(N)=O)cc2nc(N)n(C/C=C/Cn3c(N)nc4cc(C(N)=O)cc(OCCCOC)c43)c12. The van der Waals surface area contributed by atoms with E-state index in [1.165, 1.54) is 0 Å². The monoisotopic (exact) mass is 504 g/mol. The van der Waals surface area contributed by atoms with Gasteiger partial charge in [-0.2, -0.15) is 0 Å². The molecule has 192 valence electrons. The van der Waals surface area contributed by atoms with Gasteiger partial charge in [0.25, 0.3) is 0 Å². The second-order valence-corrected chi connectivity index (χ2v) is 8.56. The van der Waals surface area contributed by atoms with E-state index in [0.717, 1.165) is 11.0 Å². The van der Waals surface area contributed by atoms with Crippen LogP contribution >= 0.6 is 0 Å². The van der Waals surface area contributed by atoms with Gasteiger partial charge in [0.2, 0.25) is 23.7 Å². The number of carbonyl (C=O) groups excluding carboxylic acids is 2. The van der Waals surface area contributed by atoms with E-state index in [2.05, 4.69) is 9.97 Å². The topological polar surface area (TPSA) is 192 Å². The molecule has 37 heavy (non-hydrogen) atoms. The van der Waals surface area contributed by atoms with Gasteiger partial charge in [-0.3, -0.25) is 9.59 Å². The van der Waals surface area contributed by atoms with Crippen molar-refractivity contribution >= 4 is 59.1 Å². The van der Waals surface area contributed by atoms with E-state index in [-0.39, 0.29) is 11.5 Å². The molecule has 4 aromatic rings. The van der Waals surface area contributed by atoms with Crippen molar-refractivity contribution in [3.63, 3.8) is 0 Å². The Morgan fingerprint density at radius 3 is 2.00 bits per heavy atom. The summed E-state index contributed by atoms with van der Waals surface area (Å²) in [7, 11) is 3.50. The number of anilines is 2. The van der Waals surface area contributed by atoms with Gasteiger partial charge in [-0.15, -0.1) is 0 Å². The van der Waals surface area contributed by atoms with Crippen LogP contribution in [0.25, 0.3) is 22.1 Å². The number of nitrogens with zero attached hydrogens (tertiary/aromatic N) is 4. The van der Waals surface area contributed by atoms with E-state index >= 15 is 0 Å². The molecular weight excluding hydrogens is 475 g/mol. The average molecular weight is 504 g/mol. The minimum Gasteiger partial charge on any atom is -0.491 e. The lowest BCUT2D eigenvalue weighted by molar-refractivity contribution is 0.0992. The minimum absolute atomic E-state index is 0.269. The lowest BCUT2D eigenvalue weighted by Crippen LogP contribution is -2.17. The molecule has 0 atom stereocenters. The maximum Gasteiger partial charge on any atom is 0.248 e. The molecule has 2 heterocycles. The molecular formula is C24H29BN8O4. The van der Waals surface area contributed by atoms with Crippen molar-refractivity contribution in [1.82, 2.24) is 19.1 Å². The zero-order valence-corrected chi connectivity index (χ0v) is 20.7. The van der Waals surface area contributed by atoms with E-state index in [1.54, 1.807) is 35.9 Å². The number of rotatable bonds is 11. The summed E-state index contributed by atoms with van der Waals surface area (Å²) in [5.74, 6) is -0.0490. The molecule has 0 spiro atoms. The third kappa shape index (κ3) is 5.21. The van der Waals surface area contributed by atoms with Crippen LogP contribution < -0.4 is 33.1 Å². The van der Waals surface area contributed by atoms with Crippen LogP contribution in [0.4, 0.5) is 11.9 Å². The number of aromatic nitrogens is 4. The zero-order valence-electron chi connectivity index (χ0n) is 20.7. The second-order valence-electron chi connectivity index (χ2n) is 8.56. The molecule has 0 unspecified atom stereocenters. The summed E-state index contributed by atoms with van der Waals surface area (Å²) in [5, 5.41) is 0. The number of fused-ring (bicyclic) bond motifs is 2. The number of benzene rings is 2. The van der Waals surface area contributed by atoms with Gasteiger partial charge in [0.05, 0.1) is 23.2 Å². The van der Waals surface area contributed by atoms with E-state index in [4.69, 9.17) is 32.4 Å². The first-order valence-corrected chi connectivity index (χ1v) is 11.6. The maximum absolute atomic E-state index is 11.8. The first kappa shape index (κ1) is 25.6. The first-order valence-electron chi connectivity index (χ1n) is 11.6. The summed E-state index contributed by atoms with van der Waals surface area (Å²) < 4.78 is 14.7. The number of primary amides is 2. The average Bonchev–Trinajstić information content (AvgIpc) is 3.34. The van der Waals surface area contributed by atoms with E-state index in [9.17, 15) is 9.59 Å². The highest BCUT2D eigenvalue weighted by molar-refractivity contribution is 6.38. The third-order valence-corrected chi connectivity index (χ3v) is 5.96. The fourth-order valence-electron chi connectivity index (χ4n) is 4.25. The van der Waals surface area contributed by atoms with Crippen molar-refractivity contribution in [2.75, 3.05) is 31.8 Å². The van der Waals surface area contributed by atoms with E-state index in [0.29, 0.717) is 66.5 Å². The van der Waals surface area contributed by atoms with Crippen LogP contribution in [0.15, 0.2) is 36.4 Å². The summed E-state index contributed by atoms with van der Waals surface area (Å²) >= 11 is 0. The van der Waals surface area contributed by atoms with Gasteiger partial charge in [-0.25, -0.2) is 9.97 Å². The number of hydrogen-bond acceptors (Lipinski definition) is 8. The van der Waals surface area contributed by atoms with Crippen molar-refractivity contribution in [1.29, 1.82) is 0 Å². The molecule has 0 saturated carbocycles. The largest absolute Gasteiger partial charge is 0.491 e. The Bertz CT molecular complexity index is 1520. The van der Waals surface area contributed by atoms with Gasteiger partial charge in [0.15, 0.2) is 0 Å². The molecule has 2 aromatic carbocycles. The molecule has 0 aliphatic heterocycles. The van der Waals surface area contributed by atoms with Crippen molar-refractivity contribution in [2.24, 2.45) is 11.5 Å². The number of nitrogen functional groups attached to an aromatic ring is 2. The Labute approximate surface area is 213 Å². The highest BCUT2D eigenvalue weighted by Crippen LogP contribution is 2.30. The first-order chi connectivity index (χ1) is 17.7. The molecule has 2 amide bonds. The molecule has 0 aliphatic rings. The summed E-state index contributed by atoms with van der Waals surface area (Å²) in [6, 6.07) is 6.55. The molecule has 4 rings (SSSR count). The van der Waals surface area contributed by atoms with Crippen LogP contribution in [-0.4, -0.2) is 59.1 Å². The number of methoxy groups -OCH3 is 1. The molecule has 2 aromatic heterocycles. The number of ether oxygens (including phenoxy) is 2. The molecule has 13 heteroatoms. The highest BCUT2D eigenvalue weighted by Gasteiger charge is 2.17. The normalized spacial score (nSPS) is 11.6. The quantitative estimate of drug-likeness (QED) is 0.121. The predicted molar refractivity (Wildman–Crippen MR) is 145 cm³/mol. The summed E-state index contributed by atoms with van der Waals surface area (Å²) in [6.45, 7) is 1.76. The molecule has 0 fully saturated rings. The van der Waals surface area contributed by atoms with Crippen LogP contribution in [0, 0.1) is 0 Å². The van der Waals surface area contributed by atoms with Crippen LogP contribution in [0.1, 0.15) is 27.1 Å².